The topological polar surface area (TPSA) is 21.3 Å². The van der Waals surface area contributed by atoms with Crippen LogP contribution in [0.4, 0.5) is 0 Å². The Kier molecular flexibility index (Phi) is 3.55. The summed E-state index contributed by atoms with van der Waals surface area (Å²) in [5.41, 5.74) is 1.38. The molecule has 1 aliphatic heterocycles. The van der Waals surface area contributed by atoms with E-state index in [1.807, 2.05) is 0 Å². The smallest absolute Gasteiger partial charge is 0.122 e. The predicted molar refractivity (Wildman–Crippen MR) is 74.1 cm³/mol. The SMILES string of the molecule is CC1CCC(NCC2COc3ccccc32)CC1. The molecule has 0 radical (unpaired) electrons. The zero-order chi connectivity index (χ0) is 12.4. The maximum atomic E-state index is 5.73. The number of fused-ring (bicyclic) bond motifs is 1. The first-order valence-corrected chi connectivity index (χ1v) is 7.28. The van der Waals surface area contributed by atoms with Crippen molar-refractivity contribution in [1.82, 2.24) is 5.32 Å². The van der Waals surface area contributed by atoms with Gasteiger partial charge in [0.25, 0.3) is 0 Å². The quantitative estimate of drug-likeness (QED) is 0.882. The van der Waals surface area contributed by atoms with Gasteiger partial charge in [-0.25, -0.2) is 0 Å². The zero-order valence-electron chi connectivity index (χ0n) is 11.2. The van der Waals surface area contributed by atoms with E-state index in [1.165, 1.54) is 31.2 Å². The molecular formula is C16H23NO. The minimum Gasteiger partial charge on any atom is -0.493 e. The van der Waals surface area contributed by atoms with Crippen LogP contribution in [-0.2, 0) is 0 Å². The number of hydrogen-bond acceptors (Lipinski definition) is 2. The summed E-state index contributed by atoms with van der Waals surface area (Å²) in [7, 11) is 0. The van der Waals surface area contributed by atoms with Crippen molar-refractivity contribution in [3.8, 4) is 5.75 Å². The van der Waals surface area contributed by atoms with E-state index >= 15 is 0 Å². The molecule has 0 aromatic heterocycles. The van der Waals surface area contributed by atoms with E-state index in [9.17, 15) is 0 Å². The summed E-state index contributed by atoms with van der Waals surface area (Å²) in [6.45, 7) is 4.28. The lowest BCUT2D eigenvalue weighted by Crippen LogP contribution is -2.35. The molecule has 0 saturated heterocycles. The van der Waals surface area contributed by atoms with Gasteiger partial charge in [-0.15, -0.1) is 0 Å². The third-order valence-corrected chi connectivity index (χ3v) is 4.47. The molecule has 1 saturated carbocycles. The molecular weight excluding hydrogens is 222 g/mol. The Balaban J connectivity index is 1.53. The van der Waals surface area contributed by atoms with E-state index in [4.69, 9.17) is 4.74 Å². The molecule has 1 N–H and O–H groups in total. The number of para-hydroxylation sites is 1. The number of ether oxygens (including phenoxy) is 1. The monoisotopic (exact) mass is 245 g/mol. The standard InChI is InChI=1S/C16H23NO/c1-12-6-8-14(9-7-12)17-10-13-11-18-16-5-3-2-4-15(13)16/h2-5,12-14,17H,6-11H2,1H3. The fourth-order valence-electron chi connectivity index (χ4n) is 3.17. The molecule has 2 heteroatoms. The van der Waals surface area contributed by atoms with Crippen LogP contribution in [0.15, 0.2) is 24.3 Å². The van der Waals surface area contributed by atoms with Crippen LogP contribution in [-0.4, -0.2) is 19.2 Å². The minimum absolute atomic E-state index is 0.542. The fraction of sp³-hybridized carbons (Fsp3) is 0.625. The molecule has 3 rings (SSSR count). The highest BCUT2D eigenvalue weighted by Crippen LogP contribution is 2.33. The summed E-state index contributed by atoms with van der Waals surface area (Å²) in [5, 5.41) is 3.74. The molecule has 1 aliphatic carbocycles. The van der Waals surface area contributed by atoms with Gasteiger partial charge in [-0.3, -0.25) is 0 Å². The summed E-state index contributed by atoms with van der Waals surface area (Å²) in [5.74, 6) is 2.56. The lowest BCUT2D eigenvalue weighted by atomic mass is 9.87. The minimum atomic E-state index is 0.542. The van der Waals surface area contributed by atoms with Crippen molar-refractivity contribution in [2.24, 2.45) is 5.92 Å². The van der Waals surface area contributed by atoms with Gasteiger partial charge in [0.2, 0.25) is 0 Å². The van der Waals surface area contributed by atoms with Gasteiger partial charge in [0.1, 0.15) is 5.75 Å². The predicted octanol–water partition coefficient (Wildman–Crippen LogP) is 3.33. The molecule has 1 atom stereocenters. The van der Waals surface area contributed by atoms with Gasteiger partial charge in [0, 0.05) is 24.1 Å². The normalized spacial score (nSPS) is 30.8. The van der Waals surface area contributed by atoms with Crippen LogP contribution in [0.25, 0.3) is 0 Å². The van der Waals surface area contributed by atoms with Crippen LogP contribution in [0.1, 0.15) is 44.1 Å². The third-order valence-electron chi connectivity index (χ3n) is 4.47. The number of benzene rings is 1. The molecule has 1 heterocycles. The average Bonchev–Trinajstić information content (AvgIpc) is 2.82. The van der Waals surface area contributed by atoms with Crippen molar-refractivity contribution >= 4 is 0 Å². The molecule has 1 unspecified atom stereocenters. The Bertz CT molecular complexity index is 396. The van der Waals surface area contributed by atoms with Crippen LogP contribution >= 0.6 is 0 Å². The van der Waals surface area contributed by atoms with E-state index in [0.29, 0.717) is 5.92 Å². The van der Waals surface area contributed by atoms with Crippen molar-refractivity contribution < 1.29 is 4.74 Å². The highest BCUT2D eigenvalue weighted by molar-refractivity contribution is 5.39. The molecule has 98 valence electrons. The van der Waals surface area contributed by atoms with Gasteiger partial charge in [-0.2, -0.15) is 0 Å². The number of rotatable bonds is 3. The maximum Gasteiger partial charge on any atom is 0.122 e. The van der Waals surface area contributed by atoms with Gasteiger partial charge in [-0.1, -0.05) is 25.1 Å². The summed E-state index contributed by atoms with van der Waals surface area (Å²) in [6, 6.07) is 9.18. The van der Waals surface area contributed by atoms with Crippen molar-refractivity contribution in [2.45, 2.75) is 44.6 Å². The molecule has 1 fully saturated rings. The first-order valence-electron chi connectivity index (χ1n) is 7.28. The highest BCUT2D eigenvalue weighted by Gasteiger charge is 2.25. The lowest BCUT2D eigenvalue weighted by molar-refractivity contribution is 0.287. The maximum absolute atomic E-state index is 5.73. The van der Waals surface area contributed by atoms with Gasteiger partial charge in [0.15, 0.2) is 0 Å². The van der Waals surface area contributed by atoms with Gasteiger partial charge in [-0.05, 0) is 37.7 Å². The summed E-state index contributed by atoms with van der Waals surface area (Å²) >= 11 is 0. The summed E-state index contributed by atoms with van der Waals surface area (Å²) < 4.78 is 5.73. The lowest BCUT2D eigenvalue weighted by Gasteiger charge is -2.27. The summed E-state index contributed by atoms with van der Waals surface area (Å²) in [6.07, 6.45) is 5.46. The van der Waals surface area contributed by atoms with Crippen molar-refractivity contribution in [1.29, 1.82) is 0 Å². The number of hydrogen-bond donors (Lipinski definition) is 1. The third kappa shape index (κ3) is 2.54. The molecule has 0 amide bonds. The van der Waals surface area contributed by atoms with Crippen molar-refractivity contribution in [3.63, 3.8) is 0 Å². The Labute approximate surface area is 110 Å². The van der Waals surface area contributed by atoms with Crippen LogP contribution in [0.5, 0.6) is 5.75 Å². The Hall–Kier alpha value is -1.02. The largest absolute Gasteiger partial charge is 0.493 e. The zero-order valence-corrected chi connectivity index (χ0v) is 11.2. The van der Waals surface area contributed by atoms with E-state index in [2.05, 4.69) is 36.5 Å². The van der Waals surface area contributed by atoms with Crippen LogP contribution in [0.2, 0.25) is 0 Å². The molecule has 2 aliphatic rings. The Morgan fingerprint density at radius 1 is 1.17 bits per heavy atom. The first-order chi connectivity index (χ1) is 8.83. The molecule has 0 bridgehead atoms. The second-order valence-electron chi connectivity index (χ2n) is 5.91. The molecule has 1 aromatic rings. The van der Waals surface area contributed by atoms with E-state index in [-0.39, 0.29) is 0 Å². The van der Waals surface area contributed by atoms with Crippen molar-refractivity contribution in [3.05, 3.63) is 29.8 Å². The van der Waals surface area contributed by atoms with E-state index in [0.717, 1.165) is 30.9 Å². The molecule has 2 nitrogen and oxygen atoms in total. The van der Waals surface area contributed by atoms with E-state index in [1.54, 1.807) is 0 Å². The molecule has 1 aromatic carbocycles. The Morgan fingerprint density at radius 2 is 1.94 bits per heavy atom. The van der Waals surface area contributed by atoms with Crippen LogP contribution in [0, 0.1) is 5.92 Å². The molecule has 18 heavy (non-hydrogen) atoms. The number of nitrogens with one attached hydrogen (secondary N) is 1. The van der Waals surface area contributed by atoms with Crippen molar-refractivity contribution in [2.75, 3.05) is 13.2 Å². The highest BCUT2D eigenvalue weighted by atomic mass is 16.5. The van der Waals surface area contributed by atoms with Gasteiger partial charge >= 0.3 is 0 Å². The second-order valence-corrected chi connectivity index (χ2v) is 5.91. The fourth-order valence-corrected chi connectivity index (χ4v) is 3.17. The Morgan fingerprint density at radius 3 is 2.78 bits per heavy atom. The molecule has 0 spiro atoms. The van der Waals surface area contributed by atoms with Crippen LogP contribution < -0.4 is 10.1 Å². The average molecular weight is 245 g/mol. The van der Waals surface area contributed by atoms with Crippen LogP contribution in [0.3, 0.4) is 0 Å². The van der Waals surface area contributed by atoms with E-state index < -0.39 is 0 Å². The van der Waals surface area contributed by atoms with Gasteiger partial charge in [0.05, 0.1) is 6.61 Å². The van der Waals surface area contributed by atoms with Gasteiger partial charge < -0.3 is 10.1 Å². The second kappa shape index (κ2) is 5.31. The first kappa shape index (κ1) is 12.0. The summed E-state index contributed by atoms with van der Waals surface area (Å²) in [4.78, 5) is 0.